The number of nitrogens with zero attached hydrogens (tertiary/aromatic N) is 5. The van der Waals surface area contributed by atoms with Crippen LogP contribution in [0.2, 0.25) is 0 Å². The molecule has 7 nitrogen and oxygen atoms in total. The molecule has 1 N–H and O–H groups in total. The maximum atomic E-state index is 14.5. The first kappa shape index (κ1) is 18.2. The van der Waals surface area contributed by atoms with Crippen molar-refractivity contribution >= 4 is 11.6 Å². The first-order valence-corrected chi connectivity index (χ1v) is 10.5. The van der Waals surface area contributed by atoms with Crippen LogP contribution in [0, 0.1) is 12.7 Å². The number of nitrogens with one attached hydrogen (secondary N) is 1. The summed E-state index contributed by atoms with van der Waals surface area (Å²) in [5.41, 5.74) is 6.38. The molecule has 4 aromatic rings. The zero-order chi connectivity index (χ0) is 20.9. The largest absolute Gasteiger partial charge is 0.493 e. The molecular weight excluding hydrogens is 395 g/mol. The highest BCUT2D eigenvalue weighted by Crippen LogP contribution is 2.40. The van der Waals surface area contributed by atoms with Crippen LogP contribution in [-0.2, 0) is 13.0 Å². The highest BCUT2D eigenvalue weighted by atomic mass is 19.1. The molecule has 6 rings (SSSR count). The van der Waals surface area contributed by atoms with Gasteiger partial charge >= 0.3 is 0 Å². The molecule has 0 amide bonds. The maximum absolute atomic E-state index is 14.5. The van der Waals surface area contributed by atoms with Gasteiger partial charge in [-0.3, -0.25) is 9.38 Å². The normalized spacial score (nSPS) is 15.2. The Balaban J connectivity index is 1.33. The van der Waals surface area contributed by atoms with E-state index in [9.17, 15) is 4.39 Å². The van der Waals surface area contributed by atoms with Crippen LogP contribution in [0.1, 0.15) is 41.1 Å². The number of ether oxygens (including phenoxy) is 1. The standard InChI is InChI=1S/C23H21FN6O/c1-13-8-20(14-2-3-14)25-9-16(13)18-11-27-23(30-12-28-29-22(18)30)26-10-17-15-6-7-31-21(15)5-4-19(17)24/h4-5,8-9,11-12,14H,2-3,6-7,10H2,1H3,(H,26,27). The molecule has 8 heteroatoms. The van der Waals surface area contributed by atoms with E-state index in [1.54, 1.807) is 23.0 Å². The molecule has 0 saturated heterocycles. The van der Waals surface area contributed by atoms with Gasteiger partial charge in [-0.15, -0.1) is 10.2 Å². The average molecular weight is 416 g/mol. The smallest absolute Gasteiger partial charge is 0.210 e. The van der Waals surface area contributed by atoms with Crippen molar-refractivity contribution in [2.45, 2.75) is 38.6 Å². The van der Waals surface area contributed by atoms with Gasteiger partial charge in [-0.2, -0.15) is 0 Å². The van der Waals surface area contributed by atoms with Gasteiger partial charge in [-0.25, -0.2) is 9.37 Å². The highest BCUT2D eigenvalue weighted by Gasteiger charge is 2.26. The number of halogens is 1. The number of aromatic nitrogens is 5. The van der Waals surface area contributed by atoms with Gasteiger partial charge in [0.2, 0.25) is 5.95 Å². The summed E-state index contributed by atoms with van der Waals surface area (Å²) in [7, 11) is 0. The first-order valence-electron chi connectivity index (χ1n) is 10.5. The molecule has 0 spiro atoms. The fourth-order valence-corrected chi connectivity index (χ4v) is 4.28. The van der Waals surface area contributed by atoms with Crippen molar-refractivity contribution in [3.8, 4) is 16.9 Å². The molecule has 1 aliphatic heterocycles. The van der Waals surface area contributed by atoms with Crippen LogP contribution >= 0.6 is 0 Å². The Morgan fingerprint density at radius 3 is 2.90 bits per heavy atom. The molecule has 2 aliphatic rings. The van der Waals surface area contributed by atoms with E-state index in [-0.39, 0.29) is 5.82 Å². The Hall–Kier alpha value is -3.55. The number of benzene rings is 1. The second-order valence-electron chi connectivity index (χ2n) is 8.17. The van der Waals surface area contributed by atoms with Gasteiger partial charge in [0, 0.05) is 59.2 Å². The molecule has 1 aliphatic carbocycles. The van der Waals surface area contributed by atoms with Crippen molar-refractivity contribution in [2.24, 2.45) is 0 Å². The first-order chi connectivity index (χ1) is 15.2. The molecule has 1 aromatic carbocycles. The van der Waals surface area contributed by atoms with Crippen LogP contribution in [0.4, 0.5) is 10.3 Å². The summed E-state index contributed by atoms with van der Waals surface area (Å²) >= 11 is 0. The number of hydrogen-bond acceptors (Lipinski definition) is 6. The van der Waals surface area contributed by atoms with E-state index in [1.807, 2.05) is 6.20 Å². The van der Waals surface area contributed by atoms with Gasteiger partial charge in [0.05, 0.1) is 6.61 Å². The van der Waals surface area contributed by atoms with Gasteiger partial charge in [0.25, 0.3) is 0 Å². The molecule has 1 fully saturated rings. The second-order valence-corrected chi connectivity index (χ2v) is 8.17. The van der Waals surface area contributed by atoms with Crippen molar-refractivity contribution < 1.29 is 9.13 Å². The number of rotatable bonds is 5. The highest BCUT2D eigenvalue weighted by molar-refractivity contribution is 5.79. The summed E-state index contributed by atoms with van der Waals surface area (Å²) in [6.07, 6.45) is 8.46. The van der Waals surface area contributed by atoms with E-state index in [0.29, 0.717) is 42.6 Å². The van der Waals surface area contributed by atoms with E-state index in [0.717, 1.165) is 33.7 Å². The summed E-state index contributed by atoms with van der Waals surface area (Å²) in [6.45, 7) is 2.97. The lowest BCUT2D eigenvalue weighted by atomic mass is 10.0. The lowest BCUT2D eigenvalue weighted by molar-refractivity contribution is 0.356. The van der Waals surface area contributed by atoms with Crippen LogP contribution in [-0.4, -0.2) is 31.2 Å². The topological polar surface area (TPSA) is 77.2 Å². The van der Waals surface area contributed by atoms with Crippen LogP contribution in [0.25, 0.3) is 16.8 Å². The fraction of sp³-hybridized carbons (Fsp3) is 0.304. The Morgan fingerprint density at radius 1 is 1.19 bits per heavy atom. The van der Waals surface area contributed by atoms with Crippen LogP contribution in [0.3, 0.4) is 0 Å². The van der Waals surface area contributed by atoms with Crippen LogP contribution < -0.4 is 10.1 Å². The predicted molar refractivity (Wildman–Crippen MR) is 114 cm³/mol. The number of pyridine rings is 1. The van der Waals surface area contributed by atoms with E-state index < -0.39 is 0 Å². The third-order valence-corrected chi connectivity index (χ3v) is 6.11. The molecule has 0 unspecified atom stereocenters. The van der Waals surface area contributed by atoms with E-state index in [4.69, 9.17) is 4.74 Å². The molecular formula is C23H21FN6O. The third kappa shape index (κ3) is 3.10. The summed E-state index contributed by atoms with van der Waals surface area (Å²) in [4.78, 5) is 9.25. The number of aryl methyl sites for hydroxylation is 1. The second kappa shape index (κ2) is 7.01. The molecule has 0 bridgehead atoms. The molecule has 3 aromatic heterocycles. The minimum absolute atomic E-state index is 0.245. The SMILES string of the molecule is Cc1cc(C2CC2)ncc1-c1cnc(NCc2c(F)ccc3c2CCO3)n2cnnc12. The van der Waals surface area contributed by atoms with Crippen molar-refractivity contribution in [1.82, 2.24) is 24.6 Å². The average Bonchev–Trinajstić information content (AvgIpc) is 3.30. The summed E-state index contributed by atoms with van der Waals surface area (Å²) < 4.78 is 21.8. The monoisotopic (exact) mass is 416 g/mol. The van der Waals surface area contributed by atoms with Gasteiger partial charge in [-0.1, -0.05) is 0 Å². The van der Waals surface area contributed by atoms with Crippen molar-refractivity contribution in [3.05, 3.63) is 65.1 Å². The van der Waals surface area contributed by atoms with Crippen molar-refractivity contribution in [1.29, 1.82) is 0 Å². The third-order valence-electron chi connectivity index (χ3n) is 6.11. The zero-order valence-electron chi connectivity index (χ0n) is 17.1. The Labute approximate surface area is 178 Å². The molecule has 4 heterocycles. The minimum Gasteiger partial charge on any atom is -0.493 e. The summed E-state index contributed by atoms with van der Waals surface area (Å²) in [5, 5.41) is 11.6. The van der Waals surface area contributed by atoms with Gasteiger partial charge < -0.3 is 10.1 Å². The maximum Gasteiger partial charge on any atom is 0.210 e. The van der Waals surface area contributed by atoms with Crippen molar-refractivity contribution in [2.75, 3.05) is 11.9 Å². The van der Waals surface area contributed by atoms with Gasteiger partial charge in [0.15, 0.2) is 5.65 Å². The predicted octanol–water partition coefficient (Wildman–Crippen LogP) is 4.06. The minimum atomic E-state index is -0.245. The lowest BCUT2D eigenvalue weighted by Crippen LogP contribution is -2.10. The molecule has 0 atom stereocenters. The van der Waals surface area contributed by atoms with Crippen LogP contribution in [0.15, 0.2) is 36.9 Å². The molecule has 1 saturated carbocycles. The van der Waals surface area contributed by atoms with E-state index in [2.05, 4.69) is 38.5 Å². The Kier molecular flexibility index (Phi) is 4.12. The summed E-state index contributed by atoms with van der Waals surface area (Å²) in [5.74, 6) is 1.68. The van der Waals surface area contributed by atoms with Gasteiger partial charge in [-0.05, 0) is 43.5 Å². The van der Waals surface area contributed by atoms with Crippen LogP contribution in [0.5, 0.6) is 5.75 Å². The van der Waals surface area contributed by atoms with E-state index in [1.165, 1.54) is 18.9 Å². The molecule has 156 valence electrons. The number of anilines is 1. The molecule has 0 radical (unpaired) electrons. The van der Waals surface area contributed by atoms with Crippen molar-refractivity contribution in [3.63, 3.8) is 0 Å². The molecule has 31 heavy (non-hydrogen) atoms. The Morgan fingerprint density at radius 2 is 2.06 bits per heavy atom. The fourth-order valence-electron chi connectivity index (χ4n) is 4.28. The van der Waals surface area contributed by atoms with Gasteiger partial charge in [0.1, 0.15) is 17.9 Å². The van der Waals surface area contributed by atoms with E-state index >= 15 is 0 Å². The number of fused-ring (bicyclic) bond motifs is 2. The zero-order valence-corrected chi connectivity index (χ0v) is 17.1. The lowest BCUT2D eigenvalue weighted by Gasteiger charge is -2.13. The Bertz CT molecular complexity index is 1310. The summed E-state index contributed by atoms with van der Waals surface area (Å²) in [6, 6.07) is 5.30. The number of hydrogen-bond donors (Lipinski definition) is 1. The quantitative estimate of drug-likeness (QED) is 0.529.